The Bertz CT molecular complexity index is 480. The molecule has 0 bridgehead atoms. The number of hydrogen-bond acceptors (Lipinski definition) is 0. The lowest BCUT2D eigenvalue weighted by Gasteiger charge is -2.46. The summed E-state index contributed by atoms with van der Waals surface area (Å²) in [6.07, 6.45) is 9.91. The molecule has 0 heterocycles. The van der Waals surface area contributed by atoms with Gasteiger partial charge in [0.2, 0.25) is 0 Å². The molecule has 0 aromatic heterocycles. The first kappa shape index (κ1) is 15.6. The zero-order chi connectivity index (χ0) is 15.1. The number of hydrogen-bond donors (Lipinski definition) is 0. The molecule has 2 rings (SSSR count). The molecule has 2 aliphatic carbocycles. The van der Waals surface area contributed by atoms with Gasteiger partial charge in [0.25, 0.3) is 0 Å². The Morgan fingerprint density at radius 1 is 1.20 bits per heavy atom. The van der Waals surface area contributed by atoms with Crippen LogP contribution in [0.4, 0.5) is 0 Å². The van der Waals surface area contributed by atoms with Gasteiger partial charge in [-0.3, -0.25) is 0 Å². The largest absolute Gasteiger partial charge is 0.0884 e. The molecule has 0 heteroatoms. The van der Waals surface area contributed by atoms with Crippen molar-refractivity contribution >= 4 is 0 Å². The van der Waals surface area contributed by atoms with Crippen molar-refractivity contribution in [3.05, 3.63) is 34.4 Å². The van der Waals surface area contributed by atoms with Crippen LogP contribution in [-0.4, -0.2) is 0 Å². The molecule has 0 saturated heterocycles. The maximum Gasteiger partial charge on any atom is -0.0103 e. The number of allylic oxidation sites excluding steroid dienone is 6. The molecule has 0 aromatic rings. The molecule has 1 atom stereocenters. The van der Waals surface area contributed by atoms with E-state index >= 15 is 0 Å². The van der Waals surface area contributed by atoms with Gasteiger partial charge >= 0.3 is 0 Å². The van der Waals surface area contributed by atoms with E-state index in [9.17, 15) is 0 Å². The van der Waals surface area contributed by atoms with Gasteiger partial charge in [0.1, 0.15) is 0 Å². The van der Waals surface area contributed by atoms with Crippen LogP contribution in [0, 0.1) is 16.7 Å². The molecule has 0 amide bonds. The standard InChI is InChI=1S/C20H32/c1-8-14(2)11-16-13-18-17(12-15(16)3)19(4,5)9-10-20(18,6)7/h8,13,15H,9-12H2,1-7H3/b14-8+. The summed E-state index contributed by atoms with van der Waals surface area (Å²) in [5, 5.41) is 0. The van der Waals surface area contributed by atoms with Crippen LogP contribution in [0.5, 0.6) is 0 Å². The van der Waals surface area contributed by atoms with Crippen molar-refractivity contribution in [3.63, 3.8) is 0 Å². The lowest BCUT2D eigenvalue weighted by atomic mass is 9.59. The van der Waals surface area contributed by atoms with Crippen molar-refractivity contribution in [3.8, 4) is 0 Å². The fourth-order valence-corrected chi connectivity index (χ4v) is 3.77. The molecule has 0 N–H and O–H groups in total. The van der Waals surface area contributed by atoms with Crippen LogP contribution in [0.15, 0.2) is 34.4 Å². The van der Waals surface area contributed by atoms with E-state index in [2.05, 4.69) is 60.6 Å². The normalized spacial score (nSPS) is 29.1. The highest BCUT2D eigenvalue weighted by atomic mass is 14.4. The van der Waals surface area contributed by atoms with Crippen LogP contribution < -0.4 is 0 Å². The van der Waals surface area contributed by atoms with E-state index in [1.807, 2.05) is 0 Å². The maximum atomic E-state index is 2.57. The van der Waals surface area contributed by atoms with Gasteiger partial charge in [0.05, 0.1) is 0 Å². The van der Waals surface area contributed by atoms with Crippen LogP contribution >= 0.6 is 0 Å². The van der Waals surface area contributed by atoms with Crippen molar-refractivity contribution in [2.24, 2.45) is 16.7 Å². The summed E-state index contributed by atoms with van der Waals surface area (Å²) in [4.78, 5) is 0. The van der Waals surface area contributed by atoms with Crippen molar-refractivity contribution in [2.45, 2.75) is 74.1 Å². The monoisotopic (exact) mass is 272 g/mol. The molecular weight excluding hydrogens is 240 g/mol. The van der Waals surface area contributed by atoms with Gasteiger partial charge in [0.15, 0.2) is 0 Å². The SMILES string of the molecule is C/C=C(\C)CC1=CC2=C(CC1C)C(C)(C)CCC2(C)C. The Hall–Kier alpha value is -0.780. The van der Waals surface area contributed by atoms with Crippen LogP contribution in [0.25, 0.3) is 0 Å². The second-order valence-corrected chi connectivity index (χ2v) is 8.30. The van der Waals surface area contributed by atoms with Crippen LogP contribution in [0.1, 0.15) is 74.1 Å². The predicted molar refractivity (Wildman–Crippen MR) is 89.7 cm³/mol. The Morgan fingerprint density at radius 2 is 1.80 bits per heavy atom. The summed E-state index contributed by atoms with van der Waals surface area (Å²) in [5.74, 6) is 0.705. The van der Waals surface area contributed by atoms with Gasteiger partial charge in [0, 0.05) is 0 Å². The van der Waals surface area contributed by atoms with Gasteiger partial charge in [-0.05, 0) is 61.9 Å². The lowest BCUT2D eigenvalue weighted by molar-refractivity contribution is 0.251. The number of rotatable bonds is 2. The Kier molecular flexibility index (Phi) is 4.06. The van der Waals surface area contributed by atoms with Crippen LogP contribution in [-0.2, 0) is 0 Å². The van der Waals surface area contributed by atoms with Crippen molar-refractivity contribution in [1.82, 2.24) is 0 Å². The quantitative estimate of drug-likeness (QED) is 0.507. The fourth-order valence-electron chi connectivity index (χ4n) is 3.77. The van der Waals surface area contributed by atoms with E-state index in [0.29, 0.717) is 16.7 Å². The Labute approximate surface area is 126 Å². The molecule has 2 aliphatic rings. The van der Waals surface area contributed by atoms with Crippen molar-refractivity contribution in [2.75, 3.05) is 0 Å². The van der Waals surface area contributed by atoms with Crippen LogP contribution in [0.2, 0.25) is 0 Å². The molecule has 0 radical (unpaired) electrons. The van der Waals surface area contributed by atoms with E-state index in [4.69, 9.17) is 0 Å². The molecule has 0 aromatic carbocycles. The average Bonchev–Trinajstić information content (AvgIpc) is 2.37. The van der Waals surface area contributed by atoms with E-state index in [-0.39, 0.29) is 0 Å². The topological polar surface area (TPSA) is 0 Å². The van der Waals surface area contributed by atoms with E-state index in [0.717, 1.165) is 6.42 Å². The zero-order valence-corrected chi connectivity index (χ0v) is 14.6. The minimum atomic E-state index is 0.361. The summed E-state index contributed by atoms with van der Waals surface area (Å²) in [6, 6.07) is 0. The maximum absolute atomic E-state index is 2.57. The molecule has 0 aliphatic heterocycles. The van der Waals surface area contributed by atoms with Gasteiger partial charge in [-0.1, -0.05) is 63.5 Å². The first-order valence-corrected chi connectivity index (χ1v) is 8.24. The smallest absolute Gasteiger partial charge is 0.0103 e. The third kappa shape index (κ3) is 2.80. The summed E-state index contributed by atoms with van der Waals surface area (Å²) >= 11 is 0. The van der Waals surface area contributed by atoms with Gasteiger partial charge in [-0.25, -0.2) is 0 Å². The highest BCUT2D eigenvalue weighted by Crippen LogP contribution is 2.54. The summed E-state index contributed by atoms with van der Waals surface area (Å²) in [7, 11) is 0. The van der Waals surface area contributed by atoms with E-state index in [1.54, 1.807) is 16.7 Å². The predicted octanol–water partition coefficient (Wildman–Crippen LogP) is 6.45. The Balaban J connectivity index is 2.45. The Morgan fingerprint density at radius 3 is 2.40 bits per heavy atom. The van der Waals surface area contributed by atoms with Crippen LogP contribution in [0.3, 0.4) is 0 Å². The molecule has 0 nitrogen and oxygen atoms in total. The fraction of sp³-hybridized carbons (Fsp3) is 0.700. The van der Waals surface area contributed by atoms with Crippen molar-refractivity contribution in [1.29, 1.82) is 0 Å². The highest BCUT2D eigenvalue weighted by molar-refractivity contribution is 5.44. The average molecular weight is 272 g/mol. The molecule has 0 saturated carbocycles. The first-order valence-electron chi connectivity index (χ1n) is 8.24. The summed E-state index contributed by atoms with van der Waals surface area (Å²) in [6.45, 7) is 16.6. The van der Waals surface area contributed by atoms with Gasteiger partial charge < -0.3 is 0 Å². The molecule has 1 unspecified atom stereocenters. The third-order valence-corrected chi connectivity index (χ3v) is 5.69. The molecule has 112 valence electrons. The zero-order valence-electron chi connectivity index (χ0n) is 14.6. The molecule has 0 fully saturated rings. The highest BCUT2D eigenvalue weighted by Gasteiger charge is 2.40. The minimum absolute atomic E-state index is 0.361. The molecule has 0 spiro atoms. The summed E-state index contributed by atoms with van der Waals surface area (Å²) < 4.78 is 0. The third-order valence-electron chi connectivity index (χ3n) is 5.69. The lowest BCUT2D eigenvalue weighted by Crippen LogP contribution is -2.33. The van der Waals surface area contributed by atoms with E-state index < -0.39 is 0 Å². The second-order valence-electron chi connectivity index (χ2n) is 8.30. The minimum Gasteiger partial charge on any atom is -0.0884 e. The van der Waals surface area contributed by atoms with Gasteiger partial charge in [-0.15, -0.1) is 0 Å². The van der Waals surface area contributed by atoms with E-state index in [1.165, 1.54) is 24.8 Å². The molecular formula is C20H32. The molecule has 20 heavy (non-hydrogen) atoms. The second kappa shape index (κ2) is 5.20. The van der Waals surface area contributed by atoms with Crippen molar-refractivity contribution < 1.29 is 0 Å². The van der Waals surface area contributed by atoms with Gasteiger partial charge in [-0.2, -0.15) is 0 Å². The first-order chi connectivity index (χ1) is 9.17. The summed E-state index contributed by atoms with van der Waals surface area (Å²) in [5.41, 5.74) is 7.30.